The third kappa shape index (κ3) is 6.95. The third-order valence-corrected chi connectivity index (χ3v) is 4.30. The number of nitrogens with one attached hydrogen (secondary N) is 2. The Bertz CT molecular complexity index is 853. The molecule has 0 saturated carbocycles. The standard InChI is InChI=1S/C21H26N2O6/c1-14-4-6-16(13-29-27)17(10-14)12-28-23-9-3-8-22-20(24)19-11-15(2)5-7-18(19)21(25)26/h4-7,10-11,23,27H,3,8-9,12-13H2,1-2H3,(H,22,24)(H,25,26). The van der Waals surface area contributed by atoms with Crippen molar-refractivity contribution in [3.05, 3.63) is 69.8 Å². The Hall–Kier alpha value is -2.78. The van der Waals surface area contributed by atoms with Gasteiger partial charge in [0.15, 0.2) is 0 Å². The lowest BCUT2D eigenvalue weighted by Gasteiger charge is -2.11. The highest BCUT2D eigenvalue weighted by Gasteiger charge is 2.16. The molecule has 156 valence electrons. The SMILES string of the molecule is Cc1ccc(COO)c(CONCCCNC(=O)c2cc(C)ccc2C(=O)O)c1. The molecule has 4 N–H and O–H groups in total. The lowest BCUT2D eigenvalue weighted by atomic mass is 10.0. The first-order valence-electron chi connectivity index (χ1n) is 9.24. The highest BCUT2D eigenvalue weighted by Crippen LogP contribution is 2.14. The molecule has 2 aromatic carbocycles. The van der Waals surface area contributed by atoms with Crippen LogP contribution in [-0.4, -0.2) is 35.3 Å². The Morgan fingerprint density at radius 2 is 1.66 bits per heavy atom. The summed E-state index contributed by atoms with van der Waals surface area (Å²) in [5, 5.41) is 20.6. The summed E-state index contributed by atoms with van der Waals surface area (Å²) in [6.07, 6.45) is 0.598. The second-order valence-corrected chi connectivity index (χ2v) is 6.69. The maximum absolute atomic E-state index is 12.3. The minimum Gasteiger partial charge on any atom is -0.478 e. The van der Waals surface area contributed by atoms with Crippen LogP contribution in [-0.2, 0) is 22.9 Å². The molecule has 0 atom stereocenters. The van der Waals surface area contributed by atoms with E-state index in [1.165, 1.54) is 6.07 Å². The number of aromatic carboxylic acids is 1. The number of carbonyl (C=O) groups is 2. The van der Waals surface area contributed by atoms with Gasteiger partial charge in [-0.05, 0) is 43.5 Å². The average molecular weight is 402 g/mol. The number of hydrogen-bond donors (Lipinski definition) is 4. The molecule has 0 unspecified atom stereocenters. The van der Waals surface area contributed by atoms with E-state index in [1.807, 2.05) is 25.1 Å². The van der Waals surface area contributed by atoms with Gasteiger partial charge >= 0.3 is 5.97 Å². The molecular formula is C21H26N2O6. The van der Waals surface area contributed by atoms with Crippen LogP contribution in [0.4, 0.5) is 0 Å². The number of hydroxylamine groups is 1. The molecule has 0 saturated heterocycles. The fraction of sp³-hybridized carbons (Fsp3) is 0.333. The van der Waals surface area contributed by atoms with Gasteiger partial charge in [0.2, 0.25) is 0 Å². The summed E-state index contributed by atoms with van der Waals surface area (Å²) in [6.45, 7) is 5.03. The van der Waals surface area contributed by atoms with Crippen molar-refractivity contribution in [1.82, 2.24) is 10.8 Å². The zero-order valence-electron chi connectivity index (χ0n) is 16.5. The van der Waals surface area contributed by atoms with Gasteiger partial charge in [0.05, 0.1) is 17.7 Å². The molecule has 0 aliphatic heterocycles. The summed E-state index contributed by atoms with van der Waals surface area (Å²) in [5.41, 5.74) is 6.59. The van der Waals surface area contributed by atoms with Crippen molar-refractivity contribution in [3.63, 3.8) is 0 Å². The van der Waals surface area contributed by atoms with E-state index >= 15 is 0 Å². The van der Waals surface area contributed by atoms with Crippen LogP contribution in [0.2, 0.25) is 0 Å². The summed E-state index contributed by atoms with van der Waals surface area (Å²) in [4.78, 5) is 33.2. The molecule has 0 aromatic heterocycles. The largest absolute Gasteiger partial charge is 0.478 e. The van der Waals surface area contributed by atoms with Gasteiger partial charge in [-0.1, -0.05) is 35.4 Å². The predicted molar refractivity (Wildman–Crippen MR) is 106 cm³/mol. The Balaban J connectivity index is 1.73. The normalized spacial score (nSPS) is 10.7. The lowest BCUT2D eigenvalue weighted by Crippen LogP contribution is -2.28. The molecule has 8 nitrogen and oxygen atoms in total. The van der Waals surface area contributed by atoms with Gasteiger partial charge in [-0.15, -0.1) is 0 Å². The monoisotopic (exact) mass is 402 g/mol. The van der Waals surface area contributed by atoms with E-state index in [0.717, 1.165) is 22.3 Å². The molecule has 8 heteroatoms. The van der Waals surface area contributed by atoms with Crippen LogP contribution in [0.25, 0.3) is 0 Å². The molecule has 2 aromatic rings. The molecule has 0 aliphatic rings. The second-order valence-electron chi connectivity index (χ2n) is 6.69. The molecule has 0 fully saturated rings. The Kier molecular flexibility index (Phi) is 8.75. The van der Waals surface area contributed by atoms with Crippen molar-refractivity contribution in [3.8, 4) is 0 Å². The molecular weight excluding hydrogens is 376 g/mol. The quantitative estimate of drug-likeness (QED) is 0.259. The zero-order chi connectivity index (χ0) is 21.2. The highest BCUT2D eigenvalue weighted by molar-refractivity contribution is 6.04. The number of hydrogen-bond acceptors (Lipinski definition) is 6. The van der Waals surface area contributed by atoms with Crippen LogP contribution < -0.4 is 10.8 Å². The minimum atomic E-state index is -1.13. The van der Waals surface area contributed by atoms with Crippen molar-refractivity contribution < 1.29 is 29.7 Å². The molecule has 1 amide bonds. The topological polar surface area (TPSA) is 117 Å². The van der Waals surface area contributed by atoms with E-state index < -0.39 is 11.9 Å². The van der Waals surface area contributed by atoms with Crippen molar-refractivity contribution in [2.24, 2.45) is 0 Å². The van der Waals surface area contributed by atoms with Gasteiger partial charge in [0, 0.05) is 13.1 Å². The van der Waals surface area contributed by atoms with Gasteiger partial charge in [0.25, 0.3) is 5.91 Å². The minimum absolute atomic E-state index is 0.0182. The average Bonchev–Trinajstić information content (AvgIpc) is 2.68. The van der Waals surface area contributed by atoms with Gasteiger partial charge in [0.1, 0.15) is 6.61 Å². The zero-order valence-corrected chi connectivity index (χ0v) is 16.5. The van der Waals surface area contributed by atoms with Gasteiger partial charge < -0.3 is 10.4 Å². The van der Waals surface area contributed by atoms with Crippen molar-refractivity contribution in [2.75, 3.05) is 13.1 Å². The maximum atomic E-state index is 12.3. The molecule has 2 rings (SSSR count). The number of carbonyl (C=O) groups excluding carboxylic acids is 1. The second kappa shape index (κ2) is 11.3. The van der Waals surface area contributed by atoms with E-state index in [-0.39, 0.29) is 17.7 Å². The van der Waals surface area contributed by atoms with Crippen LogP contribution in [0.15, 0.2) is 36.4 Å². The summed E-state index contributed by atoms with van der Waals surface area (Å²) < 4.78 is 0. The Labute approximate surface area is 169 Å². The fourth-order valence-corrected chi connectivity index (χ4v) is 2.79. The molecule has 0 aliphatic carbocycles. The van der Waals surface area contributed by atoms with E-state index in [0.29, 0.717) is 26.1 Å². The van der Waals surface area contributed by atoms with E-state index in [4.69, 9.17) is 10.1 Å². The number of carboxylic acid groups (broad SMARTS) is 1. The van der Waals surface area contributed by atoms with Crippen molar-refractivity contribution >= 4 is 11.9 Å². The van der Waals surface area contributed by atoms with Gasteiger partial charge in [-0.3, -0.25) is 14.9 Å². The number of carboxylic acids is 1. The molecule has 0 bridgehead atoms. The number of benzene rings is 2. The Morgan fingerprint density at radius 3 is 2.38 bits per heavy atom. The summed E-state index contributed by atoms with van der Waals surface area (Å²) in [6, 6.07) is 10.4. The third-order valence-electron chi connectivity index (χ3n) is 4.30. The van der Waals surface area contributed by atoms with E-state index in [9.17, 15) is 14.7 Å². The van der Waals surface area contributed by atoms with Gasteiger partial charge in [-0.25, -0.2) is 15.2 Å². The van der Waals surface area contributed by atoms with Crippen molar-refractivity contribution in [2.45, 2.75) is 33.5 Å². The number of amides is 1. The summed E-state index contributed by atoms with van der Waals surface area (Å²) >= 11 is 0. The van der Waals surface area contributed by atoms with Crippen LogP contribution in [0, 0.1) is 13.8 Å². The molecule has 0 heterocycles. The summed E-state index contributed by atoms with van der Waals surface area (Å²) in [5.74, 6) is -1.55. The van der Waals surface area contributed by atoms with Crippen LogP contribution >= 0.6 is 0 Å². The number of rotatable bonds is 11. The fourth-order valence-electron chi connectivity index (χ4n) is 2.79. The smallest absolute Gasteiger partial charge is 0.336 e. The first-order valence-corrected chi connectivity index (χ1v) is 9.24. The first-order chi connectivity index (χ1) is 13.9. The van der Waals surface area contributed by atoms with Gasteiger partial charge in [-0.2, -0.15) is 0 Å². The molecule has 0 radical (unpaired) electrons. The first kappa shape index (κ1) is 22.5. The van der Waals surface area contributed by atoms with Crippen LogP contribution in [0.3, 0.4) is 0 Å². The highest BCUT2D eigenvalue weighted by atomic mass is 17.1. The molecule has 29 heavy (non-hydrogen) atoms. The van der Waals surface area contributed by atoms with E-state index in [1.54, 1.807) is 19.1 Å². The Morgan fingerprint density at radius 1 is 0.931 bits per heavy atom. The van der Waals surface area contributed by atoms with E-state index in [2.05, 4.69) is 15.7 Å². The van der Waals surface area contributed by atoms with Crippen LogP contribution in [0.1, 0.15) is 49.4 Å². The van der Waals surface area contributed by atoms with Crippen LogP contribution in [0.5, 0.6) is 0 Å². The number of aryl methyl sites for hydroxylation is 2. The summed E-state index contributed by atoms with van der Waals surface area (Å²) in [7, 11) is 0. The predicted octanol–water partition coefficient (Wildman–Crippen LogP) is 2.83. The maximum Gasteiger partial charge on any atom is 0.336 e. The van der Waals surface area contributed by atoms with Crippen molar-refractivity contribution in [1.29, 1.82) is 0 Å². The molecule has 0 spiro atoms. The lowest BCUT2D eigenvalue weighted by molar-refractivity contribution is -0.253.